The number of nitrogens with one attached hydrogen (secondary N) is 2. The molecule has 1 heterocycles. The number of aliphatic imine (C=N–C) groups is 1. The molecule has 5 heteroatoms. The Hall–Kier alpha value is -1.63. The van der Waals surface area contributed by atoms with Crippen molar-refractivity contribution in [2.24, 2.45) is 10.9 Å². The predicted molar refractivity (Wildman–Crippen MR) is 112 cm³/mol. The summed E-state index contributed by atoms with van der Waals surface area (Å²) in [6.45, 7) is 6.02. The number of hydrogen-bond donors (Lipinski definition) is 2. The van der Waals surface area contributed by atoms with Crippen LogP contribution in [0, 0.1) is 5.92 Å². The number of pyridine rings is 1. The van der Waals surface area contributed by atoms with E-state index < -0.39 is 0 Å². The molecule has 1 aromatic carbocycles. The second-order valence-corrected chi connectivity index (χ2v) is 5.89. The van der Waals surface area contributed by atoms with Crippen molar-refractivity contribution in [1.82, 2.24) is 15.6 Å². The topological polar surface area (TPSA) is 49.3 Å². The lowest BCUT2D eigenvalue weighted by atomic mass is 9.88. The first-order chi connectivity index (χ1) is 11.2. The molecule has 0 radical (unpaired) electrons. The zero-order chi connectivity index (χ0) is 16.5. The van der Waals surface area contributed by atoms with Gasteiger partial charge >= 0.3 is 0 Å². The zero-order valence-corrected chi connectivity index (χ0v) is 16.9. The maximum atomic E-state index is 4.31. The average Bonchev–Trinajstić information content (AvgIpc) is 2.59. The van der Waals surface area contributed by atoms with Crippen LogP contribution >= 0.6 is 24.0 Å². The molecule has 0 aliphatic rings. The van der Waals surface area contributed by atoms with E-state index in [0.717, 1.165) is 18.2 Å². The van der Waals surface area contributed by atoms with Gasteiger partial charge in [0.1, 0.15) is 0 Å². The highest BCUT2D eigenvalue weighted by molar-refractivity contribution is 14.0. The molecule has 0 saturated carbocycles. The van der Waals surface area contributed by atoms with Crippen LogP contribution in [-0.2, 0) is 6.54 Å². The van der Waals surface area contributed by atoms with Gasteiger partial charge in [-0.2, -0.15) is 0 Å². The van der Waals surface area contributed by atoms with Crippen LogP contribution in [0.3, 0.4) is 0 Å². The number of guanidine groups is 1. The van der Waals surface area contributed by atoms with Crippen molar-refractivity contribution in [1.29, 1.82) is 0 Å². The second-order valence-electron chi connectivity index (χ2n) is 5.89. The summed E-state index contributed by atoms with van der Waals surface area (Å²) < 4.78 is 0. The van der Waals surface area contributed by atoms with Crippen molar-refractivity contribution in [2.45, 2.75) is 26.3 Å². The average molecular weight is 438 g/mol. The third-order valence-electron chi connectivity index (χ3n) is 3.91. The fraction of sp³-hybridized carbons (Fsp3) is 0.368. The van der Waals surface area contributed by atoms with Gasteiger partial charge in [0.15, 0.2) is 5.96 Å². The van der Waals surface area contributed by atoms with Gasteiger partial charge in [-0.3, -0.25) is 9.98 Å². The van der Waals surface area contributed by atoms with E-state index in [1.807, 2.05) is 18.2 Å². The molecule has 0 amide bonds. The molecule has 1 aromatic heterocycles. The normalized spacial score (nSPS) is 12.4. The lowest BCUT2D eigenvalue weighted by molar-refractivity contribution is 0.488. The standard InChI is InChI=1S/C19H26N4.HI/c1-15(2)18(16-9-5-4-6-10-16)14-23-19(20-3)22-13-17-11-7-8-12-21-17;/h4-12,15,18H,13-14H2,1-3H3,(H2,20,22,23);1H. The van der Waals surface area contributed by atoms with Crippen LogP contribution in [0.25, 0.3) is 0 Å². The molecule has 2 N–H and O–H groups in total. The third-order valence-corrected chi connectivity index (χ3v) is 3.91. The van der Waals surface area contributed by atoms with Crippen molar-refractivity contribution in [3.05, 3.63) is 66.0 Å². The van der Waals surface area contributed by atoms with Gasteiger partial charge in [0.2, 0.25) is 0 Å². The Morgan fingerprint density at radius 2 is 1.75 bits per heavy atom. The SMILES string of the molecule is CN=C(NCc1ccccn1)NCC(c1ccccc1)C(C)C.I. The molecule has 0 saturated heterocycles. The summed E-state index contributed by atoms with van der Waals surface area (Å²) in [5, 5.41) is 6.74. The largest absolute Gasteiger partial charge is 0.356 e. The minimum Gasteiger partial charge on any atom is -0.356 e. The van der Waals surface area contributed by atoms with E-state index in [9.17, 15) is 0 Å². The highest BCUT2D eigenvalue weighted by atomic mass is 127. The summed E-state index contributed by atoms with van der Waals surface area (Å²) in [5.41, 5.74) is 2.36. The fourth-order valence-electron chi connectivity index (χ4n) is 2.54. The van der Waals surface area contributed by atoms with Crippen LogP contribution < -0.4 is 10.6 Å². The number of aromatic nitrogens is 1. The zero-order valence-electron chi connectivity index (χ0n) is 14.6. The van der Waals surface area contributed by atoms with Crippen LogP contribution in [-0.4, -0.2) is 24.5 Å². The van der Waals surface area contributed by atoms with Gasteiger partial charge in [-0.15, -0.1) is 24.0 Å². The summed E-state index contributed by atoms with van der Waals surface area (Å²) in [5.74, 6) is 1.81. The van der Waals surface area contributed by atoms with Crippen LogP contribution in [0.4, 0.5) is 0 Å². The summed E-state index contributed by atoms with van der Waals surface area (Å²) in [6, 6.07) is 16.5. The fourth-order valence-corrected chi connectivity index (χ4v) is 2.54. The van der Waals surface area contributed by atoms with Crippen LogP contribution in [0.15, 0.2) is 59.7 Å². The van der Waals surface area contributed by atoms with Gasteiger partial charge in [0.25, 0.3) is 0 Å². The van der Waals surface area contributed by atoms with Gasteiger partial charge in [-0.1, -0.05) is 50.2 Å². The Bertz CT molecular complexity index is 599. The molecule has 2 rings (SSSR count). The van der Waals surface area contributed by atoms with Gasteiger partial charge in [-0.05, 0) is 23.6 Å². The maximum Gasteiger partial charge on any atom is 0.191 e. The summed E-state index contributed by atoms with van der Waals surface area (Å²) in [4.78, 5) is 8.61. The number of benzene rings is 1. The number of halogens is 1. The highest BCUT2D eigenvalue weighted by Gasteiger charge is 2.15. The number of nitrogens with zero attached hydrogens (tertiary/aromatic N) is 2. The van der Waals surface area contributed by atoms with E-state index in [1.54, 1.807) is 13.2 Å². The van der Waals surface area contributed by atoms with Gasteiger partial charge in [-0.25, -0.2) is 0 Å². The molecule has 0 aliphatic carbocycles. The van der Waals surface area contributed by atoms with Crippen molar-refractivity contribution in [3.8, 4) is 0 Å². The summed E-state index contributed by atoms with van der Waals surface area (Å²) >= 11 is 0. The molecule has 130 valence electrons. The monoisotopic (exact) mass is 438 g/mol. The summed E-state index contributed by atoms with van der Waals surface area (Å²) in [6.07, 6.45) is 1.80. The van der Waals surface area contributed by atoms with Gasteiger partial charge in [0.05, 0.1) is 12.2 Å². The Balaban J connectivity index is 0.00000288. The minimum atomic E-state index is 0. The maximum absolute atomic E-state index is 4.31. The molecule has 0 fully saturated rings. The third kappa shape index (κ3) is 6.47. The highest BCUT2D eigenvalue weighted by Crippen LogP contribution is 2.23. The smallest absolute Gasteiger partial charge is 0.191 e. The molecule has 4 nitrogen and oxygen atoms in total. The lowest BCUT2D eigenvalue weighted by Gasteiger charge is -2.23. The number of hydrogen-bond acceptors (Lipinski definition) is 2. The Labute approximate surface area is 162 Å². The van der Waals surface area contributed by atoms with Crippen LogP contribution in [0.2, 0.25) is 0 Å². The first-order valence-electron chi connectivity index (χ1n) is 8.10. The molecule has 0 bridgehead atoms. The predicted octanol–water partition coefficient (Wildman–Crippen LogP) is 3.80. The van der Waals surface area contributed by atoms with Crippen molar-refractivity contribution >= 4 is 29.9 Å². The van der Waals surface area contributed by atoms with E-state index >= 15 is 0 Å². The van der Waals surface area contributed by atoms with Gasteiger partial charge < -0.3 is 10.6 Å². The van der Waals surface area contributed by atoms with Crippen molar-refractivity contribution in [2.75, 3.05) is 13.6 Å². The summed E-state index contributed by atoms with van der Waals surface area (Å²) in [7, 11) is 1.79. The minimum absolute atomic E-state index is 0. The molecule has 1 unspecified atom stereocenters. The Kier molecular flexibility index (Phi) is 9.37. The first kappa shape index (κ1) is 20.4. The van der Waals surface area contributed by atoms with E-state index in [1.165, 1.54) is 5.56 Å². The molecular formula is C19H27IN4. The molecule has 0 spiro atoms. The van der Waals surface area contributed by atoms with Crippen molar-refractivity contribution < 1.29 is 0 Å². The van der Waals surface area contributed by atoms with Crippen molar-refractivity contribution in [3.63, 3.8) is 0 Å². The molecular weight excluding hydrogens is 411 g/mol. The molecule has 1 atom stereocenters. The van der Waals surface area contributed by atoms with Gasteiger partial charge in [0, 0.05) is 25.7 Å². The second kappa shape index (κ2) is 11.0. The lowest BCUT2D eigenvalue weighted by Crippen LogP contribution is -2.39. The van der Waals surface area contributed by atoms with E-state index in [0.29, 0.717) is 18.4 Å². The Morgan fingerprint density at radius 1 is 1.04 bits per heavy atom. The molecule has 2 aromatic rings. The quantitative estimate of drug-likeness (QED) is 0.410. The Morgan fingerprint density at radius 3 is 2.33 bits per heavy atom. The molecule has 0 aliphatic heterocycles. The van der Waals surface area contributed by atoms with E-state index in [-0.39, 0.29) is 24.0 Å². The van der Waals surface area contributed by atoms with E-state index in [2.05, 4.69) is 64.8 Å². The number of rotatable bonds is 6. The van der Waals surface area contributed by atoms with Crippen LogP contribution in [0.5, 0.6) is 0 Å². The molecule has 24 heavy (non-hydrogen) atoms. The van der Waals surface area contributed by atoms with E-state index in [4.69, 9.17) is 0 Å². The van der Waals surface area contributed by atoms with Crippen LogP contribution in [0.1, 0.15) is 31.0 Å². The first-order valence-corrected chi connectivity index (χ1v) is 8.10.